The number of carbonyl (C=O) groups is 1. The summed E-state index contributed by atoms with van der Waals surface area (Å²) < 4.78 is 0. The molecule has 3 heteroatoms. The van der Waals surface area contributed by atoms with E-state index < -0.39 is 5.97 Å². The molecule has 66 valence electrons. The van der Waals surface area contributed by atoms with Crippen molar-refractivity contribution in [3.63, 3.8) is 0 Å². The lowest BCUT2D eigenvalue weighted by Gasteiger charge is -1.97. The van der Waals surface area contributed by atoms with Crippen molar-refractivity contribution in [2.24, 2.45) is 0 Å². The molecule has 0 saturated heterocycles. The lowest BCUT2D eigenvalue weighted by molar-refractivity contribution is -0.136. The minimum Gasteiger partial charge on any atom is -0.481 e. The number of aliphatic carboxylic acids is 1. The molecular formula is C9H12O2S. The van der Waals surface area contributed by atoms with Crippen LogP contribution in [0.4, 0.5) is 0 Å². The van der Waals surface area contributed by atoms with Gasteiger partial charge in [0.25, 0.3) is 0 Å². The molecule has 0 fully saturated rings. The number of carboxylic acids is 1. The Morgan fingerprint density at radius 1 is 1.67 bits per heavy atom. The fourth-order valence-corrected chi connectivity index (χ4v) is 2.10. The quantitative estimate of drug-likeness (QED) is 0.779. The molecule has 2 nitrogen and oxygen atoms in total. The van der Waals surface area contributed by atoms with Crippen LogP contribution in [0.25, 0.3) is 0 Å². The minimum atomic E-state index is -0.717. The predicted molar refractivity (Wildman–Crippen MR) is 49.7 cm³/mol. The van der Waals surface area contributed by atoms with Gasteiger partial charge in [-0.2, -0.15) is 0 Å². The number of hydrogen-bond acceptors (Lipinski definition) is 2. The van der Waals surface area contributed by atoms with Crippen LogP contribution in [0.3, 0.4) is 0 Å². The van der Waals surface area contributed by atoms with Crippen LogP contribution in [-0.4, -0.2) is 11.1 Å². The smallest absolute Gasteiger partial charge is 0.303 e. The number of thiophene rings is 1. The van der Waals surface area contributed by atoms with E-state index in [1.165, 1.54) is 10.4 Å². The summed E-state index contributed by atoms with van der Waals surface area (Å²) in [6.07, 6.45) is 1.92. The van der Waals surface area contributed by atoms with E-state index in [0.717, 1.165) is 6.42 Å². The molecule has 0 aliphatic heterocycles. The van der Waals surface area contributed by atoms with Gasteiger partial charge in [0.15, 0.2) is 0 Å². The monoisotopic (exact) mass is 184 g/mol. The van der Waals surface area contributed by atoms with Crippen molar-refractivity contribution >= 4 is 17.3 Å². The van der Waals surface area contributed by atoms with E-state index in [0.29, 0.717) is 6.42 Å². The Kier molecular flexibility index (Phi) is 3.29. The van der Waals surface area contributed by atoms with Crippen molar-refractivity contribution in [1.29, 1.82) is 0 Å². The standard InChI is InChI=1S/C9H12O2S/c1-2-7-5-6-12-8(7)3-4-9(10)11/h5-6H,2-4H2,1H3,(H,10,11). The third-order valence-electron chi connectivity index (χ3n) is 1.78. The second-order valence-corrected chi connectivity index (χ2v) is 3.62. The van der Waals surface area contributed by atoms with Gasteiger partial charge in [-0.25, -0.2) is 0 Å². The van der Waals surface area contributed by atoms with Gasteiger partial charge in [-0.15, -0.1) is 11.3 Å². The second-order valence-electron chi connectivity index (χ2n) is 2.62. The molecule has 1 rings (SSSR count). The van der Waals surface area contributed by atoms with Gasteiger partial charge in [-0.1, -0.05) is 6.92 Å². The van der Waals surface area contributed by atoms with Gasteiger partial charge in [-0.05, 0) is 29.9 Å². The minimum absolute atomic E-state index is 0.244. The molecule has 0 amide bonds. The van der Waals surface area contributed by atoms with Crippen molar-refractivity contribution in [2.45, 2.75) is 26.2 Å². The van der Waals surface area contributed by atoms with Gasteiger partial charge >= 0.3 is 5.97 Å². The maximum absolute atomic E-state index is 10.3. The third kappa shape index (κ3) is 2.34. The first-order valence-corrected chi connectivity index (χ1v) is 4.89. The second kappa shape index (κ2) is 4.26. The van der Waals surface area contributed by atoms with E-state index in [1.54, 1.807) is 11.3 Å². The van der Waals surface area contributed by atoms with Crippen molar-refractivity contribution in [2.75, 3.05) is 0 Å². The summed E-state index contributed by atoms with van der Waals surface area (Å²) in [5, 5.41) is 10.5. The van der Waals surface area contributed by atoms with Gasteiger partial charge in [0.05, 0.1) is 6.42 Å². The molecule has 0 atom stereocenters. The third-order valence-corrected chi connectivity index (χ3v) is 2.81. The average Bonchev–Trinajstić information content (AvgIpc) is 2.47. The van der Waals surface area contributed by atoms with E-state index in [4.69, 9.17) is 5.11 Å². The summed E-state index contributed by atoms with van der Waals surface area (Å²) in [6.45, 7) is 2.09. The van der Waals surface area contributed by atoms with Crippen molar-refractivity contribution in [1.82, 2.24) is 0 Å². The molecule has 12 heavy (non-hydrogen) atoms. The largest absolute Gasteiger partial charge is 0.481 e. The lowest BCUT2D eigenvalue weighted by atomic mass is 10.1. The van der Waals surface area contributed by atoms with Gasteiger partial charge in [0, 0.05) is 4.88 Å². The van der Waals surface area contributed by atoms with Crippen LogP contribution < -0.4 is 0 Å². The normalized spacial score (nSPS) is 10.1. The summed E-state index contributed by atoms with van der Waals surface area (Å²) in [5.41, 5.74) is 1.29. The summed E-state index contributed by atoms with van der Waals surface area (Å²) in [5.74, 6) is -0.717. The summed E-state index contributed by atoms with van der Waals surface area (Å²) in [7, 11) is 0. The number of carboxylic acid groups (broad SMARTS) is 1. The van der Waals surface area contributed by atoms with Crippen LogP contribution >= 0.6 is 11.3 Å². The number of hydrogen-bond donors (Lipinski definition) is 1. The molecule has 1 heterocycles. The zero-order chi connectivity index (χ0) is 8.97. The number of rotatable bonds is 4. The molecule has 0 bridgehead atoms. The Balaban J connectivity index is 2.56. The van der Waals surface area contributed by atoms with Gasteiger partial charge in [-0.3, -0.25) is 4.79 Å². The summed E-state index contributed by atoms with van der Waals surface area (Å²) in [6, 6.07) is 2.07. The average molecular weight is 184 g/mol. The fraction of sp³-hybridized carbons (Fsp3) is 0.444. The van der Waals surface area contributed by atoms with Crippen molar-refractivity contribution in [3.8, 4) is 0 Å². The van der Waals surface area contributed by atoms with Crippen molar-refractivity contribution in [3.05, 3.63) is 21.9 Å². The van der Waals surface area contributed by atoms with E-state index in [-0.39, 0.29) is 6.42 Å². The first-order valence-electron chi connectivity index (χ1n) is 4.01. The molecule has 0 radical (unpaired) electrons. The summed E-state index contributed by atoms with van der Waals surface area (Å²) >= 11 is 1.65. The highest BCUT2D eigenvalue weighted by atomic mass is 32.1. The molecule has 0 unspecified atom stereocenters. The Labute approximate surface area is 75.9 Å². The van der Waals surface area contributed by atoms with E-state index in [9.17, 15) is 4.79 Å². The van der Waals surface area contributed by atoms with Gasteiger partial charge in [0.2, 0.25) is 0 Å². The highest BCUT2D eigenvalue weighted by Crippen LogP contribution is 2.18. The van der Waals surface area contributed by atoms with E-state index >= 15 is 0 Å². The molecule has 0 aliphatic carbocycles. The zero-order valence-corrected chi connectivity index (χ0v) is 7.86. The Bertz CT molecular complexity index is 265. The molecule has 1 aromatic heterocycles. The Morgan fingerprint density at radius 3 is 3.00 bits per heavy atom. The van der Waals surface area contributed by atoms with Crippen LogP contribution in [0, 0.1) is 0 Å². The zero-order valence-electron chi connectivity index (χ0n) is 7.04. The van der Waals surface area contributed by atoms with Crippen LogP contribution in [0.2, 0.25) is 0 Å². The molecule has 0 aromatic carbocycles. The highest BCUT2D eigenvalue weighted by molar-refractivity contribution is 7.10. The van der Waals surface area contributed by atoms with Gasteiger partial charge in [0.1, 0.15) is 0 Å². The predicted octanol–water partition coefficient (Wildman–Crippen LogP) is 2.33. The van der Waals surface area contributed by atoms with Crippen LogP contribution in [0.5, 0.6) is 0 Å². The fourth-order valence-electron chi connectivity index (χ4n) is 1.12. The molecule has 1 N–H and O–H groups in total. The first kappa shape index (κ1) is 9.26. The summed E-state index contributed by atoms with van der Waals surface area (Å²) in [4.78, 5) is 11.5. The Morgan fingerprint density at radius 2 is 2.42 bits per heavy atom. The molecular weight excluding hydrogens is 172 g/mol. The number of aryl methyl sites for hydroxylation is 2. The van der Waals surface area contributed by atoms with Crippen LogP contribution in [-0.2, 0) is 17.6 Å². The molecule has 1 aromatic rings. The molecule has 0 saturated carbocycles. The topological polar surface area (TPSA) is 37.3 Å². The van der Waals surface area contributed by atoms with E-state index in [1.807, 2.05) is 5.38 Å². The molecule has 0 aliphatic rings. The lowest BCUT2D eigenvalue weighted by Crippen LogP contribution is -1.97. The SMILES string of the molecule is CCc1ccsc1CCC(=O)O. The Hall–Kier alpha value is -0.830. The van der Waals surface area contributed by atoms with Gasteiger partial charge < -0.3 is 5.11 Å². The van der Waals surface area contributed by atoms with E-state index in [2.05, 4.69) is 13.0 Å². The van der Waals surface area contributed by atoms with Crippen LogP contribution in [0.15, 0.2) is 11.4 Å². The van der Waals surface area contributed by atoms with Crippen molar-refractivity contribution < 1.29 is 9.90 Å². The van der Waals surface area contributed by atoms with Crippen LogP contribution in [0.1, 0.15) is 23.8 Å². The maximum atomic E-state index is 10.3. The molecule has 0 spiro atoms. The maximum Gasteiger partial charge on any atom is 0.303 e. The highest BCUT2D eigenvalue weighted by Gasteiger charge is 2.04. The first-order chi connectivity index (χ1) is 5.74.